The number of ether oxygens (including phenoxy) is 1. The van der Waals surface area contributed by atoms with Gasteiger partial charge in [-0.1, -0.05) is 36.9 Å². The minimum Gasteiger partial charge on any atom is -0.461 e. The molecule has 1 fully saturated rings. The highest BCUT2D eigenvalue weighted by molar-refractivity contribution is 7.99. The summed E-state index contributed by atoms with van der Waals surface area (Å²) in [6, 6.07) is 11.5. The van der Waals surface area contributed by atoms with Gasteiger partial charge in [0.2, 0.25) is 11.7 Å². The molecule has 0 saturated carbocycles. The minimum atomic E-state index is -0.0675. The van der Waals surface area contributed by atoms with Crippen LogP contribution in [0.4, 0.5) is 5.69 Å². The van der Waals surface area contributed by atoms with Crippen LogP contribution < -0.4 is 5.32 Å². The quantitative estimate of drug-likeness (QED) is 0.563. The van der Waals surface area contributed by atoms with Crippen LogP contribution in [0.2, 0.25) is 0 Å². The number of benzene rings is 1. The van der Waals surface area contributed by atoms with Gasteiger partial charge in [0, 0.05) is 12.3 Å². The summed E-state index contributed by atoms with van der Waals surface area (Å²) in [5, 5.41) is 12.3. The topological polar surface area (TPSA) is 82.2 Å². The highest BCUT2D eigenvalue weighted by Gasteiger charge is 2.23. The molecule has 29 heavy (non-hydrogen) atoms. The molecule has 0 radical (unpaired) electrons. The smallest absolute Gasteiger partial charge is 0.234 e. The Hall–Kier alpha value is -2.58. The van der Waals surface area contributed by atoms with Crippen LogP contribution in [0.1, 0.15) is 25.3 Å². The number of furan rings is 1. The average Bonchev–Trinajstić information content (AvgIpc) is 3.50. The number of nitrogens with zero attached hydrogens (tertiary/aromatic N) is 3. The molecule has 0 aliphatic carbocycles. The van der Waals surface area contributed by atoms with Gasteiger partial charge in [0.05, 0.1) is 24.7 Å². The van der Waals surface area contributed by atoms with Gasteiger partial charge < -0.3 is 14.5 Å². The first kappa shape index (κ1) is 19.7. The van der Waals surface area contributed by atoms with Gasteiger partial charge in [0.1, 0.15) is 0 Å². The number of aromatic nitrogens is 3. The van der Waals surface area contributed by atoms with Crippen molar-refractivity contribution < 1.29 is 13.9 Å². The Morgan fingerprint density at radius 3 is 2.93 bits per heavy atom. The van der Waals surface area contributed by atoms with Gasteiger partial charge in [-0.15, -0.1) is 10.2 Å². The molecule has 7 nitrogen and oxygen atoms in total. The maximum absolute atomic E-state index is 12.5. The lowest BCUT2D eigenvalue weighted by Gasteiger charge is -2.14. The van der Waals surface area contributed by atoms with Crippen LogP contribution >= 0.6 is 11.8 Å². The summed E-state index contributed by atoms with van der Waals surface area (Å²) >= 11 is 1.37. The molecule has 152 valence electrons. The zero-order valence-electron chi connectivity index (χ0n) is 16.3. The molecule has 1 atom stereocenters. The third-order valence-corrected chi connectivity index (χ3v) is 5.84. The first-order valence-corrected chi connectivity index (χ1v) is 10.8. The SMILES string of the molecule is CCc1ccccc1NC(=O)CSc1nnc(-c2ccco2)n1CC1CCCO1. The fourth-order valence-electron chi connectivity index (χ4n) is 3.41. The Bertz CT molecular complexity index is 949. The molecule has 8 heteroatoms. The van der Waals surface area contributed by atoms with Crippen molar-refractivity contribution in [1.29, 1.82) is 0 Å². The van der Waals surface area contributed by atoms with Gasteiger partial charge in [0.15, 0.2) is 10.9 Å². The summed E-state index contributed by atoms with van der Waals surface area (Å²) < 4.78 is 13.3. The van der Waals surface area contributed by atoms with Crippen molar-refractivity contribution in [2.45, 2.75) is 44.0 Å². The van der Waals surface area contributed by atoms with E-state index >= 15 is 0 Å². The van der Waals surface area contributed by atoms with Crippen molar-refractivity contribution in [3.63, 3.8) is 0 Å². The highest BCUT2D eigenvalue weighted by Crippen LogP contribution is 2.27. The fourth-order valence-corrected chi connectivity index (χ4v) is 4.15. The molecule has 1 saturated heterocycles. The predicted molar refractivity (Wildman–Crippen MR) is 112 cm³/mol. The van der Waals surface area contributed by atoms with Crippen LogP contribution in [0.3, 0.4) is 0 Å². The number of nitrogens with one attached hydrogen (secondary N) is 1. The van der Waals surface area contributed by atoms with E-state index in [1.165, 1.54) is 11.8 Å². The zero-order chi connectivity index (χ0) is 20.1. The van der Waals surface area contributed by atoms with Crippen LogP contribution in [-0.4, -0.2) is 39.1 Å². The van der Waals surface area contributed by atoms with E-state index in [1.54, 1.807) is 6.26 Å². The molecule has 1 aliphatic heterocycles. The molecule has 0 spiro atoms. The number of hydrogen-bond acceptors (Lipinski definition) is 6. The first-order chi connectivity index (χ1) is 14.2. The molecular formula is C21H24N4O3S. The third-order valence-electron chi connectivity index (χ3n) is 4.87. The second kappa shape index (κ2) is 9.28. The number of carbonyl (C=O) groups excluding carboxylic acids is 1. The number of hydrogen-bond donors (Lipinski definition) is 1. The minimum absolute atomic E-state index is 0.0675. The molecule has 1 unspecified atom stereocenters. The number of anilines is 1. The molecule has 0 bridgehead atoms. The third kappa shape index (κ3) is 4.71. The van der Waals surface area contributed by atoms with Crippen molar-refractivity contribution in [3.8, 4) is 11.6 Å². The summed E-state index contributed by atoms with van der Waals surface area (Å²) in [6.07, 6.45) is 4.68. The molecule has 1 aliphatic rings. The van der Waals surface area contributed by atoms with Crippen molar-refractivity contribution >= 4 is 23.4 Å². The molecule has 1 aromatic carbocycles. The molecule has 1 amide bonds. The summed E-state index contributed by atoms with van der Waals surface area (Å²) in [5.41, 5.74) is 1.98. The van der Waals surface area contributed by atoms with E-state index in [1.807, 2.05) is 41.0 Å². The van der Waals surface area contributed by atoms with Crippen LogP contribution in [0, 0.1) is 0 Å². The average molecular weight is 413 g/mol. The zero-order valence-corrected chi connectivity index (χ0v) is 17.2. The molecular weight excluding hydrogens is 388 g/mol. The van der Waals surface area contributed by atoms with Crippen molar-refractivity contribution in [1.82, 2.24) is 14.8 Å². The van der Waals surface area contributed by atoms with Gasteiger partial charge in [-0.05, 0) is 43.0 Å². The Kier molecular flexibility index (Phi) is 6.31. The second-order valence-corrected chi connectivity index (χ2v) is 7.82. The fraction of sp³-hybridized carbons (Fsp3) is 0.381. The maximum Gasteiger partial charge on any atom is 0.234 e. The van der Waals surface area contributed by atoms with E-state index in [2.05, 4.69) is 22.4 Å². The first-order valence-electron chi connectivity index (χ1n) is 9.84. The Morgan fingerprint density at radius 2 is 2.17 bits per heavy atom. The van der Waals surface area contributed by atoms with Gasteiger partial charge in [0.25, 0.3) is 0 Å². The second-order valence-electron chi connectivity index (χ2n) is 6.88. The van der Waals surface area contributed by atoms with Crippen LogP contribution in [0.15, 0.2) is 52.2 Å². The molecule has 3 heterocycles. The highest BCUT2D eigenvalue weighted by atomic mass is 32.2. The lowest BCUT2D eigenvalue weighted by Crippen LogP contribution is -2.18. The van der Waals surface area contributed by atoms with E-state index in [0.717, 1.165) is 37.1 Å². The Morgan fingerprint density at radius 1 is 1.28 bits per heavy atom. The van der Waals surface area contributed by atoms with E-state index < -0.39 is 0 Å². The standard InChI is InChI=1S/C21H24N4O3S/c1-2-15-7-3-4-9-17(15)22-19(26)14-29-21-24-23-20(18-10-6-12-28-18)25(21)13-16-8-5-11-27-16/h3-4,6-7,9-10,12,16H,2,5,8,11,13-14H2,1H3,(H,22,26). The summed E-state index contributed by atoms with van der Waals surface area (Å²) in [6.45, 7) is 3.50. The Balaban J connectivity index is 1.47. The molecule has 3 aromatic rings. The molecule has 4 rings (SSSR count). The van der Waals surface area contributed by atoms with Gasteiger partial charge in [-0.2, -0.15) is 0 Å². The lowest BCUT2D eigenvalue weighted by molar-refractivity contribution is -0.113. The van der Waals surface area contributed by atoms with Crippen molar-refractivity contribution in [3.05, 3.63) is 48.2 Å². The number of amides is 1. The largest absolute Gasteiger partial charge is 0.461 e. The van der Waals surface area contributed by atoms with E-state index in [9.17, 15) is 4.79 Å². The monoisotopic (exact) mass is 412 g/mol. The van der Waals surface area contributed by atoms with E-state index in [0.29, 0.717) is 23.3 Å². The van der Waals surface area contributed by atoms with Gasteiger partial charge in [-0.3, -0.25) is 9.36 Å². The number of para-hydroxylation sites is 1. The summed E-state index contributed by atoms with van der Waals surface area (Å²) in [4.78, 5) is 12.5. The van der Waals surface area contributed by atoms with Crippen LogP contribution in [0.5, 0.6) is 0 Å². The van der Waals surface area contributed by atoms with Gasteiger partial charge >= 0.3 is 0 Å². The normalized spacial score (nSPS) is 16.2. The summed E-state index contributed by atoms with van der Waals surface area (Å²) in [7, 11) is 0. The van der Waals surface area contributed by atoms with E-state index in [-0.39, 0.29) is 17.8 Å². The van der Waals surface area contributed by atoms with Gasteiger partial charge in [-0.25, -0.2) is 0 Å². The lowest BCUT2D eigenvalue weighted by atomic mass is 10.1. The number of aryl methyl sites for hydroxylation is 1. The molecule has 2 aromatic heterocycles. The number of rotatable bonds is 8. The Labute approximate surface area is 173 Å². The maximum atomic E-state index is 12.5. The summed E-state index contributed by atoms with van der Waals surface area (Å²) in [5.74, 6) is 1.50. The number of carbonyl (C=O) groups is 1. The molecule has 1 N–H and O–H groups in total. The van der Waals surface area contributed by atoms with Crippen molar-refractivity contribution in [2.24, 2.45) is 0 Å². The van der Waals surface area contributed by atoms with Crippen molar-refractivity contribution in [2.75, 3.05) is 17.7 Å². The van der Waals surface area contributed by atoms with E-state index in [4.69, 9.17) is 9.15 Å². The number of thioether (sulfide) groups is 1. The van der Waals surface area contributed by atoms with Crippen LogP contribution in [-0.2, 0) is 22.5 Å². The predicted octanol–water partition coefficient (Wildman–Crippen LogP) is 4.01. The van der Waals surface area contributed by atoms with Crippen LogP contribution in [0.25, 0.3) is 11.6 Å².